The molecule has 0 N–H and O–H groups in total. The lowest BCUT2D eigenvalue weighted by atomic mass is 10.2. The van der Waals surface area contributed by atoms with Gasteiger partial charge in [0.15, 0.2) is 15.0 Å². The molecule has 2 aromatic heterocycles. The Morgan fingerprint density at radius 1 is 1.45 bits per heavy atom. The summed E-state index contributed by atoms with van der Waals surface area (Å²) in [5.74, 6) is 0.111. The molecule has 3 heterocycles. The molecule has 0 radical (unpaired) electrons. The van der Waals surface area contributed by atoms with Gasteiger partial charge in [0.1, 0.15) is 4.83 Å². The number of aromatic nitrogens is 2. The van der Waals surface area contributed by atoms with Crippen LogP contribution in [0.1, 0.15) is 23.8 Å². The van der Waals surface area contributed by atoms with Crippen molar-refractivity contribution in [1.29, 1.82) is 0 Å². The molecule has 10 heteroatoms. The van der Waals surface area contributed by atoms with Crippen LogP contribution in [-0.2, 0) is 21.2 Å². The van der Waals surface area contributed by atoms with Gasteiger partial charge in [-0.2, -0.15) is 0 Å². The number of thiophene rings is 1. The highest BCUT2D eigenvalue weighted by atomic mass is 32.2. The molecule has 0 bridgehead atoms. The van der Waals surface area contributed by atoms with Crippen molar-refractivity contribution < 1.29 is 13.2 Å². The first-order chi connectivity index (χ1) is 13.7. The van der Waals surface area contributed by atoms with E-state index in [-0.39, 0.29) is 34.8 Å². The number of thioether (sulfide) groups is 1. The van der Waals surface area contributed by atoms with Crippen molar-refractivity contribution in [1.82, 2.24) is 14.5 Å². The zero-order valence-electron chi connectivity index (χ0n) is 16.8. The van der Waals surface area contributed by atoms with Crippen LogP contribution in [0.5, 0.6) is 0 Å². The van der Waals surface area contributed by atoms with Gasteiger partial charge in [0.25, 0.3) is 5.56 Å². The van der Waals surface area contributed by atoms with E-state index in [1.165, 1.54) is 23.1 Å². The number of rotatable bonds is 7. The Bertz CT molecular complexity index is 1120. The quantitative estimate of drug-likeness (QED) is 0.362. The van der Waals surface area contributed by atoms with Gasteiger partial charge >= 0.3 is 0 Å². The Labute approximate surface area is 178 Å². The monoisotopic (exact) mass is 455 g/mol. The maximum atomic E-state index is 13.0. The van der Waals surface area contributed by atoms with E-state index in [1.54, 1.807) is 15.5 Å². The van der Waals surface area contributed by atoms with Gasteiger partial charge in [0, 0.05) is 24.0 Å². The molecular weight excluding hydrogens is 430 g/mol. The van der Waals surface area contributed by atoms with Crippen LogP contribution < -0.4 is 5.56 Å². The fraction of sp³-hybridized carbons (Fsp3) is 0.526. The van der Waals surface area contributed by atoms with Gasteiger partial charge in [-0.25, -0.2) is 13.4 Å². The maximum Gasteiger partial charge on any atom is 0.263 e. The van der Waals surface area contributed by atoms with Gasteiger partial charge in [-0.1, -0.05) is 17.8 Å². The number of allylic oxidation sites excluding steroid dienone is 1. The summed E-state index contributed by atoms with van der Waals surface area (Å²) in [4.78, 5) is 33.8. The first-order valence-corrected chi connectivity index (χ1v) is 13.0. The molecule has 0 saturated carbocycles. The lowest BCUT2D eigenvalue weighted by Gasteiger charge is -2.26. The number of sulfone groups is 1. The summed E-state index contributed by atoms with van der Waals surface area (Å²) in [6.07, 6.45) is 2.11. The third-order valence-electron chi connectivity index (χ3n) is 5.20. The molecule has 29 heavy (non-hydrogen) atoms. The standard InChI is InChI=1S/C19H25N3O4S3/c1-5-8-22-18(24)16-12(3)13(4)28-17(16)20-19(22)27-10-15(23)21(6-2)14-7-9-29(25,26)11-14/h5,14H,1,6-11H2,2-4H3/t14-/m1/s1. The van der Waals surface area contributed by atoms with E-state index in [0.717, 1.165) is 10.4 Å². The molecular formula is C19H25N3O4S3. The third kappa shape index (κ3) is 4.44. The van der Waals surface area contributed by atoms with Crippen LogP contribution in [0.25, 0.3) is 10.2 Å². The molecule has 1 saturated heterocycles. The van der Waals surface area contributed by atoms with Crippen molar-refractivity contribution in [3.05, 3.63) is 33.4 Å². The molecule has 1 atom stereocenters. The normalized spacial score (nSPS) is 18.2. The minimum atomic E-state index is -3.07. The van der Waals surface area contributed by atoms with E-state index >= 15 is 0 Å². The maximum absolute atomic E-state index is 13.0. The van der Waals surface area contributed by atoms with Crippen LogP contribution in [0.2, 0.25) is 0 Å². The molecule has 0 aliphatic carbocycles. The first-order valence-electron chi connectivity index (χ1n) is 9.42. The summed E-state index contributed by atoms with van der Waals surface area (Å²) in [5, 5.41) is 1.10. The van der Waals surface area contributed by atoms with Crippen molar-refractivity contribution in [3.8, 4) is 0 Å². The zero-order valence-corrected chi connectivity index (χ0v) is 19.3. The van der Waals surface area contributed by atoms with Crippen LogP contribution in [0.3, 0.4) is 0 Å². The Hall–Kier alpha value is -1.65. The Kier molecular flexibility index (Phi) is 6.54. The van der Waals surface area contributed by atoms with Gasteiger partial charge in [-0.15, -0.1) is 17.9 Å². The van der Waals surface area contributed by atoms with E-state index in [1.807, 2.05) is 20.8 Å². The van der Waals surface area contributed by atoms with Crippen molar-refractivity contribution in [3.63, 3.8) is 0 Å². The minimum absolute atomic E-state index is 0.0242. The number of carbonyl (C=O) groups excluding carboxylic acids is 1. The summed E-state index contributed by atoms with van der Waals surface area (Å²) in [6, 6.07) is -0.272. The molecule has 7 nitrogen and oxygen atoms in total. The van der Waals surface area contributed by atoms with Gasteiger partial charge in [0.05, 0.1) is 22.6 Å². The summed E-state index contributed by atoms with van der Waals surface area (Å²) < 4.78 is 25.1. The topological polar surface area (TPSA) is 89.3 Å². The van der Waals surface area contributed by atoms with Crippen molar-refractivity contribution >= 4 is 49.1 Å². The number of aryl methyl sites for hydroxylation is 2. The molecule has 0 spiro atoms. The van der Waals surface area contributed by atoms with Crippen molar-refractivity contribution in [2.75, 3.05) is 23.8 Å². The Morgan fingerprint density at radius 2 is 2.17 bits per heavy atom. The number of carbonyl (C=O) groups is 1. The lowest BCUT2D eigenvalue weighted by molar-refractivity contribution is -0.129. The van der Waals surface area contributed by atoms with Crippen molar-refractivity contribution in [2.24, 2.45) is 0 Å². The van der Waals surface area contributed by atoms with E-state index in [2.05, 4.69) is 11.6 Å². The minimum Gasteiger partial charge on any atom is -0.338 e. The lowest BCUT2D eigenvalue weighted by Crippen LogP contribution is -2.42. The number of hydrogen-bond donors (Lipinski definition) is 0. The van der Waals surface area contributed by atoms with Gasteiger partial charge < -0.3 is 4.90 Å². The van der Waals surface area contributed by atoms with E-state index in [4.69, 9.17) is 0 Å². The number of amides is 1. The second kappa shape index (κ2) is 8.61. The molecule has 1 fully saturated rings. The molecule has 1 amide bonds. The molecule has 1 aliphatic rings. The highest BCUT2D eigenvalue weighted by Gasteiger charge is 2.34. The number of hydrogen-bond acceptors (Lipinski definition) is 7. The van der Waals surface area contributed by atoms with Crippen LogP contribution in [0.4, 0.5) is 0 Å². The van der Waals surface area contributed by atoms with Gasteiger partial charge in [-0.05, 0) is 32.8 Å². The molecule has 3 rings (SSSR count). The highest BCUT2D eigenvalue weighted by Crippen LogP contribution is 2.28. The first kappa shape index (κ1) is 22.0. The second-order valence-electron chi connectivity index (χ2n) is 7.09. The fourth-order valence-electron chi connectivity index (χ4n) is 3.58. The molecule has 158 valence electrons. The predicted octanol–water partition coefficient (Wildman–Crippen LogP) is 2.39. The average molecular weight is 456 g/mol. The van der Waals surface area contributed by atoms with E-state index < -0.39 is 9.84 Å². The highest BCUT2D eigenvalue weighted by molar-refractivity contribution is 7.99. The predicted molar refractivity (Wildman–Crippen MR) is 119 cm³/mol. The summed E-state index contributed by atoms with van der Waals surface area (Å²) in [5.41, 5.74) is 0.813. The molecule has 2 aromatic rings. The second-order valence-corrected chi connectivity index (χ2v) is 11.5. The molecule has 1 aliphatic heterocycles. The largest absolute Gasteiger partial charge is 0.338 e. The van der Waals surface area contributed by atoms with Crippen LogP contribution in [-0.4, -0.2) is 58.6 Å². The van der Waals surface area contributed by atoms with E-state index in [0.29, 0.717) is 34.9 Å². The smallest absolute Gasteiger partial charge is 0.263 e. The third-order valence-corrected chi connectivity index (χ3v) is 9.01. The Balaban J connectivity index is 1.85. The summed E-state index contributed by atoms with van der Waals surface area (Å²) >= 11 is 2.69. The van der Waals surface area contributed by atoms with Gasteiger partial charge in [-0.3, -0.25) is 14.2 Å². The summed E-state index contributed by atoms with van der Waals surface area (Å²) in [6.45, 7) is 10.2. The number of fused-ring (bicyclic) bond motifs is 1. The zero-order chi connectivity index (χ0) is 21.3. The number of nitrogens with zero attached hydrogens (tertiary/aromatic N) is 3. The van der Waals surface area contributed by atoms with E-state index in [9.17, 15) is 18.0 Å². The van der Waals surface area contributed by atoms with Gasteiger partial charge in [0.2, 0.25) is 5.91 Å². The SMILES string of the molecule is C=CCn1c(SCC(=O)N(CC)[C@@H]2CCS(=O)(=O)C2)nc2sc(C)c(C)c2c1=O. The van der Waals surface area contributed by atoms with Crippen LogP contribution in [0.15, 0.2) is 22.6 Å². The van der Waals surface area contributed by atoms with Crippen LogP contribution in [0, 0.1) is 13.8 Å². The summed E-state index contributed by atoms with van der Waals surface area (Å²) in [7, 11) is -3.07. The van der Waals surface area contributed by atoms with Crippen LogP contribution >= 0.6 is 23.1 Å². The molecule has 0 unspecified atom stereocenters. The fourth-order valence-corrected chi connectivity index (χ4v) is 7.27. The average Bonchev–Trinajstić information content (AvgIpc) is 3.15. The molecule has 0 aromatic carbocycles. The Morgan fingerprint density at radius 3 is 2.76 bits per heavy atom. The van der Waals surface area contributed by atoms with Crippen molar-refractivity contribution in [2.45, 2.75) is 44.9 Å².